The number of rotatable bonds is 8. The molecule has 0 aliphatic carbocycles. The number of benzene rings is 1. The second-order valence-corrected chi connectivity index (χ2v) is 9.28. The Labute approximate surface area is 156 Å². The Bertz CT molecular complexity index is 786. The van der Waals surface area contributed by atoms with Crippen LogP contribution in [0.2, 0.25) is 0 Å². The summed E-state index contributed by atoms with van der Waals surface area (Å²) in [6.07, 6.45) is 2.30. The summed E-state index contributed by atoms with van der Waals surface area (Å²) in [5.41, 5.74) is 0.882. The van der Waals surface area contributed by atoms with Crippen LogP contribution in [0.25, 0.3) is 0 Å². The molecule has 1 aliphatic heterocycles. The summed E-state index contributed by atoms with van der Waals surface area (Å²) in [7, 11) is -4.55. The van der Waals surface area contributed by atoms with Crippen molar-refractivity contribution in [3.8, 4) is 0 Å². The van der Waals surface area contributed by atoms with E-state index in [9.17, 15) is 17.2 Å². The third kappa shape index (κ3) is 4.88. The highest BCUT2D eigenvalue weighted by Gasteiger charge is 2.26. The van der Waals surface area contributed by atoms with E-state index in [1.807, 2.05) is 11.4 Å². The van der Waals surface area contributed by atoms with E-state index in [4.69, 9.17) is 4.74 Å². The zero-order valence-electron chi connectivity index (χ0n) is 14.2. The van der Waals surface area contributed by atoms with Crippen LogP contribution in [0.5, 0.6) is 0 Å². The van der Waals surface area contributed by atoms with Crippen molar-refractivity contribution in [2.24, 2.45) is 0 Å². The van der Waals surface area contributed by atoms with Crippen LogP contribution in [-0.2, 0) is 27.7 Å². The van der Waals surface area contributed by atoms with Crippen molar-refractivity contribution in [3.05, 3.63) is 52.2 Å². The summed E-state index contributed by atoms with van der Waals surface area (Å²) in [5, 5.41) is 2.03. The third-order valence-corrected chi connectivity index (χ3v) is 6.60. The first-order valence-electron chi connectivity index (χ1n) is 8.42. The molecule has 1 fully saturated rings. The fourth-order valence-corrected chi connectivity index (χ4v) is 4.50. The van der Waals surface area contributed by atoms with Crippen molar-refractivity contribution >= 4 is 21.2 Å². The van der Waals surface area contributed by atoms with Crippen molar-refractivity contribution in [3.63, 3.8) is 0 Å². The van der Waals surface area contributed by atoms with E-state index in [0.717, 1.165) is 38.1 Å². The van der Waals surface area contributed by atoms with Crippen LogP contribution in [0.15, 0.2) is 46.7 Å². The first-order valence-corrected chi connectivity index (χ1v) is 10.8. The molecule has 2 aromatic rings. The predicted octanol–water partition coefficient (Wildman–Crippen LogP) is 3.93. The number of hydrogen-bond donors (Lipinski definition) is 0. The lowest BCUT2D eigenvalue weighted by molar-refractivity contribution is 0.0682. The number of sulfone groups is 1. The minimum absolute atomic E-state index is 0.202. The molecule has 142 valence electrons. The van der Waals surface area contributed by atoms with E-state index in [-0.39, 0.29) is 11.0 Å². The van der Waals surface area contributed by atoms with Gasteiger partial charge >= 0.3 is 5.76 Å². The van der Waals surface area contributed by atoms with Crippen molar-refractivity contribution in [2.45, 2.75) is 42.7 Å². The average Bonchev–Trinajstić information content (AvgIpc) is 3.29. The van der Waals surface area contributed by atoms with Gasteiger partial charge in [0.05, 0.1) is 11.0 Å². The second-order valence-electron chi connectivity index (χ2n) is 6.33. The predicted molar refractivity (Wildman–Crippen MR) is 97.0 cm³/mol. The number of alkyl halides is 2. The number of thiophene rings is 1. The Morgan fingerprint density at radius 1 is 1.19 bits per heavy atom. The molecular weight excluding hydrogens is 380 g/mol. The van der Waals surface area contributed by atoms with Crippen molar-refractivity contribution < 1.29 is 21.9 Å². The van der Waals surface area contributed by atoms with Gasteiger partial charge in [0, 0.05) is 31.1 Å². The van der Waals surface area contributed by atoms with E-state index in [0.29, 0.717) is 6.54 Å². The average molecular weight is 402 g/mol. The van der Waals surface area contributed by atoms with E-state index >= 15 is 0 Å². The third-order valence-electron chi connectivity index (χ3n) is 4.34. The van der Waals surface area contributed by atoms with Crippen LogP contribution in [-0.4, -0.2) is 38.3 Å². The van der Waals surface area contributed by atoms with Crippen LogP contribution < -0.4 is 0 Å². The summed E-state index contributed by atoms with van der Waals surface area (Å²) < 4.78 is 54.1. The van der Waals surface area contributed by atoms with Gasteiger partial charge in [-0.3, -0.25) is 4.90 Å². The van der Waals surface area contributed by atoms with Gasteiger partial charge < -0.3 is 4.74 Å². The molecule has 1 aromatic carbocycles. The van der Waals surface area contributed by atoms with Gasteiger partial charge in [0.2, 0.25) is 9.84 Å². The zero-order valence-corrected chi connectivity index (χ0v) is 15.8. The van der Waals surface area contributed by atoms with Gasteiger partial charge in [-0.1, -0.05) is 18.2 Å². The van der Waals surface area contributed by atoms with Gasteiger partial charge in [0.15, 0.2) is 0 Å². The monoisotopic (exact) mass is 401 g/mol. The number of halogens is 2. The Hall–Kier alpha value is -1.35. The van der Waals surface area contributed by atoms with Crippen LogP contribution in [0.4, 0.5) is 8.78 Å². The van der Waals surface area contributed by atoms with Crippen molar-refractivity contribution in [1.82, 2.24) is 4.90 Å². The summed E-state index contributed by atoms with van der Waals surface area (Å²) in [5.74, 6) is -3.40. The van der Waals surface area contributed by atoms with Gasteiger partial charge in [0.25, 0.3) is 0 Å². The fraction of sp³-hybridized carbons (Fsp3) is 0.444. The lowest BCUT2D eigenvalue weighted by Gasteiger charge is -2.25. The summed E-state index contributed by atoms with van der Waals surface area (Å²) in [4.78, 5) is 3.14. The van der Waals surface area contributed by atoms with Crippen molar-refractivity contribution in [1.29, 1.82) is 0 Å². The molecular formula is C18H21F2NO3S2. The summed E-state index contributed by atoms with van der Waals surface area (Å²) >= 11 is 1.68. The molecule has 0 radical (unpaired) electrons. The number of ether oxygens (including phenoxy) is 1. The molecule has 1 atom stereocenters. The zero-order chi connectivity index (χ0) is 18.6. The highest BCUT2D eigenvalue weighted by molar-refractivity contribution is 7.91. The quantitative estimate of drug-likeness (QED) is 0.673. The normalized spacial score (nSPS) is 18.1. The highest BCUT2D eigenvalue weighted by Crippen LogP contribution is 2.22. The van der Waals surface area contributed by atoms with Crippen LogP contribution in [0.3, 0.4) is 0 Å². The fourth-order valence-electron chi connectivity index (χ4n) is 3.03. The largest absolute Gasteiger partial charge is 0.377 e. The van der Waals surface area contributed by atoms with Crippen LogP contribution in [0.1, 0.15) is 23.3 Å². The Morgan fingerprint density at radius 3 is 2.54 bits per heavy atom. The molecule has 0 amide bonds. The van der Waals surface area contributed by atoms with Gasteiger partial charge in [-0.15, -0.1) is 11.3 Å². The first-order chi connectivity index (χ1) is 12.4. The lowest BCUT2D eigenvalue weighted by Crippen LogP contribution is -2.31. The Kier molecular flexibility index (Phi) is 6.39. The van der Waals surface area contributed by atoms with Gasteiger partial charge in [0.1, 0.15) is 0 Å². The van der Waals surface area contributed by atoms with E-state index in [1.165, 1.54) is 17.0 Å². The highest BCUT2D eigenvalue weighted by atomic mass is 32.2. The van der Waals surface area contributed by atoms with E-state index in [1.54, 1.807) is 23.5 Å². The van der Waals surface area contributed by atoms with Crippen molar-refractivity contribution in [2.75, 3.05) is 13.2 Å². The summed E-state index contributed by atoms with van der Waals surface area (Å²) in [6, 6.07) is 9.80. The molecule has 2 heterocycles. The molecule has 3 rings (SSSR count). The number of nitrogens with zero attached hydrogens (tertiary/aromatic N) is 1. The first kappa shape index (κ1) is 19.4. The molecule has 0 bridgehead atoms. The molecule has 0 saturated carbocycles. The van der Waals surface area contributed by atoms with Gasteiger partial charge in [-0.2, -0.15) is 8.78 Å². The molecule has 26 heavy (non-hydrogen) atoms. The molecule has 0 spiro atoms. The smallest absolute Gasteiger partial charge is 0.341 e. The molecule has 1 saturated heterocycles. The second kappa shape index (κ2) is 8.56. The van der Waals surface area contributed by atoms with Gasteiger partial charge in [-0.05, 0) is 42.0 Å². The summed E-state index contributed by atoms with van der Waals surface area (Å²) in [6.45, 7) is 2.95. The van der Waals surface area contributed by atoms with E-state index < -0.39 is 15.6 Å². The van der Waals surface area contributed by atoms with E-state index in [2.05, 4.69) is 11.0 Å². The van der Waals surface area contributed by atoms with Crippen LogP contribution >= 0.6 is 11.3 Å². The molecule has 1 aromatic heterocycles. The minimum Gasteiger partial charge on any atom is -0.377 e. The maximum Gasteiger partial charge on any atom is 0.341 e. The molecule has 1 unspecified atom stereocenters. The lowest BCUT2D eigenvalue weighted by atomic mass is 10.2. The minimum atomic E-state index is -4.55. The Balaban J connectivity index is 1.71. The molecule has 0 N–H and O–H groups in total. The Morgan fingerprint density at radius 2 is 1.96 bits per heavy atom. The van der Waals surface area contributed by atoms with Gasteiger partial charge in [-0.25, -0.2) is 8.42 Å². The maximum atomic E-state index is 12.6. The number of hydrogen-bond acceptors (Lipinski definition) is 5. The SMILES string of the molecule is O=S(=O)(c1ccc(CN(Cc2cccs2)CC2CCCO2)cc1)C(F)F. The standard InChI is InChI=1S/C18H21F2NO3S2/c19-18(20)26(22,23)17-7-5-14(6-8-17)11-21(12-15-3-1-9-24-15)13-16-4-2-10-25-16/h2,4-8,10,15,18H,1,3,9,11-13H2. The molecule has 4 nitrogen and oxygen atoms in total. The molecule has 8 heteroatoms. The molecule has 1 aliphatic rings. The van der Waals surface area contributed by atoms with Crippen LogP contribution in [0, 0.1) is 0 Å². The topological polar surface area (TPSA) is 46.6 Å². The maximum absolute atomic E-state index is 12.6.